The molecule has 6 heteroatoms. The van der Waals surface area contributed by atoms with Crippen molar-refractivity contribution in [2.75, 3.05) is 0 Å². The molecule has 0 amide bonds. The van der Waals surface area contributed by atoms with E-state index < -0.39 is 5.97 Å². The zero-order chi connectivity index (χ0) is 9.42. The van der Waals surface area contributed by atoms with E-state index in [0.29, 0.717) is 15.6 Å². The normalized spacial score (nSPS) is 10.5. The molecule has 13 heavy (non-hydrogen) atoms. The molecule has 2 rings (SSSR count). The number of hydrogen-bond donors (Lipinski definition) is 2. The number of rotatable bonds is 1. The number of fused-ring (bicyclic) bond motifs is 1. The second-order valence-corrected chi connectivity index (χ2v) is 3.23. The third-order valence-corrected chi connectivity index (χ3v) is 2.21. The van der Waals surface area contributed by atoms with Gasteiger partial charge >= 0.3 is 5.97 Å². The molecule has 0 fully saturated rings. The zero-order valence-corrected chi connectivity index (χ0v) is 7.87. The van der Waals surface area contributed by atoms with Crippen molar-refractivity contribution < 1.29 is 9.90 Å². The molecule has 0 saturated carbocycles. The van der Waals surface area contributed by atoms with Crippen LogP contribution >= 0.6 is 15.9 Å². The number of carboxylic acid groups (broad SMARTS) is 1. The topological polar surface area (TPSA) is 78.9 Å². The van der Waals surface area contributed by atoms with Gasteiger partial charge in [-0.05, 0) is 22.0 Å². The molecule has 0 aliphatic carbocycles. The van der Waals surface area contributed by atoms with Crippen LogP contribution in [0, 0.1) is 0 Å². The van der Waals surface area contributed by atoms with Crippen molar-refractivity contribution in [1.29, 1.82) is 0 Å². The van der Waals surface area contributed by atoms with Gasteiger partial charge in [-0.25, -0.2) is 9.78 Å². The number of pyridine rings is 1. The summed E-state index contributed by atoms with van der Waals surface area (Å²) in [5.74, 6) is -0.998. The lowest BCUT2D eigenvalue weighted by Crippen LogP contribution is -1.96. The molecule has 0 aromatic carbocycles. The van der Waals surface area contributed by atoms with Crippen molar-refractivity contribution in [1.82, 2.24) is 15.2 Å². The maximum atomic E-state index is 10.6. The Balaban J connectivity index is 2.72. The van der Waals surface area contributed by atoms with Gasteiger partial charge in [-0.15, -0.1) is 0 Å². The monoisotopic (exact) mass is 241 g/mol. The van der Waals surface area contributed by atoms with Gasteiger partial charge in [-0.2, -0.15) is 5.10 Å². The third kappa shape index (κ3) is 1.29. The van der Waals surface area contributed by atoms with Crippen molar-refractivity contribution in [3.63, 3.8) is 0 Å². The Hall–Kier alpha value is -1.43. The molecule has 0 bridgehead atoms. The molecule has 5 nitrogen and oxygen atoms in total. The van der Waals surface area contributed by atoms with E-state index in [1.54, 1.807) is 0 Å². The fourth-order valence-electron chi connectivity index (χ4n) is 0.987. The first kappa shape index (κ1) is 8.18. The van der Waals surface area contributed by atoms with Crippen molar-refractivity contribution in [2.24, 2.45) is 0 Å². The number of hydrogen-bond acceptors (Lipinski definition) is 3. The van der Waals surface area contributed by atoms with E-state index >= 15 is 0 Å². The molecule has 0 saturated heterocycles. The average Bonchev–Trinajstić information content (AvgIpc) is 2.47. The number of nitrogens with one attached hydrogen (secondary N) is 1. The number of halogens is 1. The quantitative estimate of drug-likeness (QED) is 0.792. The van der Waals surface area contributed by atoms with Gasteiger partial charge in [0.25, 0.3) is 0 Å². The van der Waals surface area contributed by atoms with Crippen LogP contribution in [-0.2, 0) is 0 Å². The summed E-state index contributed by atoms with van der Waals surface area (Å²) in [7, 11) is 0. The molecular formula is C7H4BrN3O2. The van der Waals surface area contributed by atoms with Crippen LogP contribution in [0.25, 0.3) is 11.0 Å². The minimum absolute atomic E-state index is 0.148. The van der Waals surface area contributed by atoms with Crippen LogP contribution < -0.4 is 0 Å². The molecule has 2 heterocycles. The fraction of sp³-hybridized carbons (Fsp3) is 0. The van der Waals surface area contributed by atoms with Gasteiger partial charge in [0.1, 0.15) is 4.60 Å². The second kappa shape index (κ2) is 2.81. The van der Waals surface area contributed by atoms with E-state index in [-0.39, 0.29) is 5.56 Å². The molecule has 0 radical (unpaired) electrons. The minimum atomic E-state index is -0.998. The Bertz CT molecular complexity index is 480. The summed E-state index contributed by atoms with van der Waals surface area (Å²) in [5, 5.41) is 15.9. The van der Waals surface area contributed by atoms with E-state index in [2.05, 4.69) is 31.1 Å². The summed E-state index contributed by atoms with van der Waals surface area (Å²) in [6, 6.07) is 1.51. The van der Waals surface area contributed by atoms with Crippen LogP contribution in [0.5, 0.6) is 0 Å². The van der Waals surface area contributed by atoms with Gasteiger partial charge in [0, 0.05) is 6.20 Å². The van der Waals surface area contributed by atoms with E-state index in [1.807, 2.05) is 0 Å². The minimum Gasteiger partial charge on any atom is -0.478 e. The molecular weight excluding hydrogens is 238 g/mol. The highest BCUT2D eigenvalue weighted by molar-refractivity contribution is 9.10. The second-order valence-electron chi connectivity index (χ2n) is 2.44. The standard InChI is InChI=1S/C7H4BrN3O2/c8-5-4-1-3(7(12)13)2-9-6(4)11-10-5/h1-2H,(H,12,13)(H,9,10,11). The largest absolute Gasteiger partial charge is 0.478 e. The summed E-state index contributed by atoms with van der Waals surface area (Å²) in [5.41, 5.74) is 0.645. The molecule has 0 atom stereocenters. The number of nitrogens with zero attached hydrogens (tertiary/aromatic N) is 2. The smallest absolute Gasteiger partial charge is 0.337 e. The highest BCUT2D eigenvalue weighted by Crippen LogP contribution is 2.19. The van der Waals surface area contributed by atoms with E-state index in [4.69, 9.17) is 5.11 Å². The Kier molecular flexibility index (Phi) is 1.77. The van der Waals surface area contributed by atoms with Gasteiger partial charge in [0.15, 0.2) is 5.65 Å². The lowest BCUT2D eigenvalue weighted by Gasteiger charge is -1.92. The predicted molar refractivity (Wildman–Crippen MR) is 48.5 cm³/mol. The van der Waals surface area contributed by atoms with Crippen LogP contribution in [0.1, 0.15) is 10.4 Å². The summed E-state index contributed by atoms with van der Waals surface area (Å²) in [6.07, 6.45) is 1.28. The maximum Gasteiger partial charge on any atom is 0.337 e. The Labute approximate surface area is 80.9 Å². The first-order valence-corrected chi connectivity index (χ1v) is 4.20. The number of aromatic amines is 1. The SMILES string of the molecule is O=C(O)c1cnc2n[nH]c(Br)c2c1. The molecule has 2 aromatic rings. The Morgan fingerprint density at radius 2 is 2.38 bits per heavy atom. The zero-order valence-electron chi connectivity index (χ0n) is 6.28. The summed E-state index contributed by atoms with van der Waals surface area (Å²) < 4.78 is 0.637. The number of carbonyl (C=O) groups is 1. The molecule has 0 aliphatic rings. The van der Waals surface area contributed by atoms with Gasteiger partial charge in [-0.3, -0.25) is 5.10 Å². The van der Waals surface area contributed by atoms with E-state index in [9.17, 15) is 4.79 Å². The summed E-state index contributed by atoms with van der Waals surface area (Å²) >= 11 is 3.20. The molecule has 0 spiro atoms. The first-order valence-electron chi connectivity index (χ1n) is 3.41. The Morgan fingerprint density at radius 3 is 3.08 bits per heavy atom. The van der Waals surface area contributed by atoms with E-state index in [1.165, 1.54) is 12.3 Å². The van der Waals surface area contributed by atoms with Crippen LogP contribution in [0.15, 0.2) is 16.9 Å². The molecule has 2 aromatic heterocycles. The van der Waals surface area contributed by atoms with Gasteiger partial charge in [0.05, 0.1) is 10.9 Å². The fourth-order valence-corrected chi connectivity index (χ4v) is 1.37. The average molecular weight is 242 g/mol. The highest BCUT2D eigenvalue weighted by atomic mass is 79.9. The van der Waals surface area contributed by atoms with Crippen molar-refractivity contribution >= 4 is 32.9 Å². The molecule has 0 unspecified atom stereocenters. The maximum absolute atomic E-state index is 10.6. The lowest BCUT2D eigenvalue weighted by molar-refractivity contribution is 0.0696. The van der Waals surface area contributed by atoms with Gasteiger partial charge < -0.3 is 5.11 Å². The van der Waals surface area contributed by atoms with Gasteiger partial charge in [0.2, 0.25) is 0 Å². The van der Waals surface area contributed by atoms with Crippen molar-refractivity contribution in [2.45, 2.75) is 0 Å². The number of aromatic carboxylic acids is 1. The number of H-pyrrole nitrogens is 1. The van der Waals surface area contributed by atoms with Gasteiger partial charge in [-0.1, -0.05) is 0 Å². The van der Waals surface area contributed by atoms with Crippen molar-refractivity contribution in [3.05, 3.63) is 22.4 Å². The summed E-state index contributed by atoms with van der Waals surface area (Å²) in [6.45, 7) is 0. The number of carboxylic acids is 1. The first-order chi connectivity index (χ1) is 6.18. The highest BCUT2D eigenvalue weighted by Gasteiger charge is 2.08. The van der Waals surface area contributed by atoms with Crippen LogP contribution in [-0.4, -0.2) is 26.3 Å². The molecule has 2 N–H and O–H groups in total. The number of aromatic nitrogens is 3. The molecule has 66 valence electrons. The van der Waals surface area contributed by atoms with Crippen LogP contribution in [0.3, 0.4) is 0 Å². The van der Waals surface area contributed by atoms with E-state index in [0.717, 1.165) is 0 Å². The predicted octanol–water partition coefficient (Wildman–Crippen LogP) is 1.42. The van der Waals surface area contributed by atoms with Crippen molar-refractivity contribution in [3.8, 4) is 0 Å². The van der Waals surface area contributed by atoms with Crippen LogP contribution in [0.2, 0.25) is 0 Å². The Morgan fingerprint density at radius 1 is 1.62 bits per heavy atom. The van der Waals surface area contributed by atoms with Crippen LogP contribution in [0.4, 0.5) is 0 Å². The summed E-state index contributed by atoms with van der Waals surface area (Å²) in [4.78, 5) is 14.5. The lowest BCUT2D eigenvalue weighted by atomic mass is 10.2. The third-order valence-electron chi connectivity index (χ3n) is 1.61. The molecule has 0 aliphatic heterocycles.